The van der Waals surface area contributed by atoms with Gasteiger partial charge < -0.3 is 9.80 Å². The summed E-state index contributed by atoms with van der Waals surface area (Å²) in [7, 11) is 3.74. The molecule has 1 saturated heterocycles. The zero-order valence-corrected chi connectivity index (χ0v) is 15.1. The van der Waals surface area contributed by atoms with Gasteiger partial charge in [0.15, 0.2) is 0 Å². The molecule has 1 aromatic carbocycles. The number of piperidine rings is 1. The first kappa shape index (κ1) is 16.1. The van der Waals surface area contributed by atoms with Crippen LogP contribution in [0.3, 0.4) is 0 Å². The minimum absolute atomic E-state index is 0.262. The van der Waals surface area contributed by atoms with Crippen LogP contribution in [0.2, 0.25) is 0 Å². The third-order valence-electron chi connectivity index (χ3n) is 6.56. The van der Waals surface area contributed by atoms with Gasteiger partial charge in [0.25, 0.3) is 0 Å². The number of amides is 1. The summed E-state index contributed by atoms with van der Waals surface area (Å²) in [5.74, 6) is 1.66. The van der Waals surface area contributed by atoms with Crippen molar-refractivity contribution in [1.29, 1.82) is 0 Å². The highest BCUT2D eigenvalue weighted by Crippen LogP contribution is 2.52. The average molecular weight is 326 g/mol. The van der Waals surface area contributed by atoms with Gasteiger partial charge in [0.2, 0.25) is 5.91 Å². The second kappa shape index (κ2) is 6.18. The summed E-state index contributed by atoms with van der Waals surface area (Å²) in [4.78, 5) is 16.7. The van der Waals surface area contributed by atoms with Gasteiger partial charge >= 0.3 is 0 Å². The molecule has 0 aromatic heterocycles. The van der Waals surface area contributed by atoms with Crippen molar-refractivity contribution in [3.63, 3.8) is 0 Å². The fraction of sp³-hybridized carbons (Fsp3) is 0.667. The minimum Gasteiger partial charge on any atom is -0.349 e. The van der Waals surface area contributed by atoms with E-state index in [1.54, 1.807) is 10.5 Å². The number of benzene rings is 1. The molecule has 1 atom stereocenters. The van der Waals surface area contributed by atoms with Crippen LogP contribution < -0.4 is 0 Å². The van der Waals surface area contributed by atoms with Crippen LogP contribution in [0.1, 0.15) is 55.6 Å². The van der Waals surface area contributed by atoms with E-state index in [1.165, 1.54) is 57.3 Å². The first-order valence-corrected chi connectivity index (χ1v) is 9.59. The molecule has 2 aliphatic carbocycles. The third kappa shape index (κ3) is 2.99. The Morgan fingerprint density at radius 3 is 2.58 bits per heavy atom. The maximum absolute atomic E-state index is 12.3. The lowest BCUT2D eigenvalue weighted by Crippen LogP contribution is -2.42. The van der Waals surface area contributed by atoms with E-state index in [0.717, 1.165) is 5.92 Å². The Balaban J connectivity index is 1.51. The number of hydrogen-bond donors (Lipinski definition) is 0. The monoisotopic (exact) mass is 326 g/mol. The van der Waals surface area contributed by atoms with E-state index < -0.39 is 0 Å². The molecule has 4 rings (SSSR count). The van der Waals surface area contributed by atoms with E-state index in [-0.39, 0.29) is 5.91 Å². The molecule has 0 bridgehead atoms. The lowest BCUT2D eigenvalue weighted by Gasteiger charge is -2.40. The highest BCUT2D eigenvalue weighted by Gasteiger charge is 2.45. The molecule has 1 aromatic rings. The van der Waals surface area contributed by atoms with Crippen molar-refractivity contribution in [2.45, 2.75) is 49.9 Å². The molecule has 24 heavy (non-hydrogen) atoms. The summed E-state index contributed by atoms with van der Waals surface area (Å²) in [6.07, 6.45) is 7.26. The predicted molar refractivity (Wildman–Crippen MR) is 97.2 cm³/mol. The largest absolute Gasteiger partial charge is 0.349 e. The molecule has 3 aliphatic rings. The number of fused-ring (bicyclic) bond motifs is 2. The molecule has 1 amide bonds. The van der Waals surface area contributed by atoms with Crippen molar-refractivity contribution in [1.82, 2.24) is 9.80 Å². The van der Waals surface area contributed by atoms with Crippen LogP contribution in [0.25, 0.3) is 0 Å². The van der Waals surface area contributed by atoms with Gasteiger partial charge in [-0.1, -0.05) is 24.3 Å². The Labute approximate surface area is 146 Å². The van der Waals surface area contributed by atoms with Gasteiger partial charge in [-0.3, -0.25) is 4.79 Å². The van der Waals surface area contributed by atoms with E-state index in [9.17, 15) is 4.79 Å². The Morgan fingerprint density at radius 1 is 1.21 bits per heavy atom. The van der Waals surface area contributed by atoms with Crippen molar-refractivity contribution in [3.05, 3.63) is 35.4 Å². The van der Waals surface area contributed by atoms with Gasteiger partial charge in [-0.05, 0) is 73.6 Å². The fourth-order valence-corrected chi connectivity index (χ4v) is 4.91. The molecule has 130 valence electrons. The summed E-state index contributed by atoms with van der Waals surface area (Å²) >= 11 is 0. The number of likely N-dealkylation sites (tertiary alicyclic amines) is 1. The van der Waals surface area contributed by atoms with Gasteiger partial charge in [-0.25, -0.2) is 0 Å². The molecular formula is C21H30N2O. The standard InChI is InChI=1S/C21H30N2O/c1-22(2)20(24)13-17-14-21(19-6-4-3-5-18(17)19)9-11-23(12-10-21)15-16-7-8-16/h3-6,16-17H,7-15H2,1-2H3/t17-/m0/s1. The Hall–Kier alpha value is -1.35. The average Bonchev–Trinajstić information content (AvgIpc) is 3.35. The highest BCUT2D eigenvalue weighted by molar-refractivity contribution is 5.77. The lowest BCUT2D eigenvalue weighted by molar-refractivity contribution is -0.129. The van der Waals surface area contributed by atoms with Crippen molar-refractivity contribution in [3.8, 4) is 0 Å². The lowest BCUT2D eigenvalue weighted by atomic mass is 9.73. The molecule has 1 saturated carbocycles. The van der Waals surface area contributed by atoms with Gasteiger partial charge in [0.05, 0.1) is 0 Å². The van der Waals surface area contributed by atoms with Crippen LogP contribution in [0, 0.1) is 5.92 Å². The number of hydrogen-bond acceptors (Lipinski definition) is 2. The number of nitrogens with zero attached hydrogens (tertiary/aromatic N) is 2. The zero-order chi connectivity index (χ0) is 16.7. The maximum atomic E-state index is 12.3. The van der Waals surface area contributed by atoms with E-state index in [4.69, 9.17) is 0 Å². The van der Waals surface area contributed by atoms with Crippen LogP contribution >= 0.6 is 0 Å². The number of carbonyl (C=O) groups is 1. The Kier molecular flexibility index (Phi) is 4.16. The number of rotatable bonds is 4. The zero-order valence-electron chi connectivity index (χ0n) is 15.1. The summed E-state index contributed by atoms with van der Waals surface area (Å²) in [5, 5.41) is 0. The molecule has 0 N–H and O–H groups in total. The van der Waals surface area contributed by atoms with Crippen molar-refractivity contribution < 1.29 is 4.79 Å². The first-order valence-electron chi connectivity index (χ1n) is 9.59. The summed E-state index contributed by atoms with van der Waals surface area (Å²) in [6, 6.07) is 8.95. The van der Waals surface area contributed by atoms with Crippen molar-refractivity contribution >= 4 is 5.91 Å². The van der Waals surface area contributed by atoms with Crippen LogP contribution in [0.15, 0.2) is 24.3 Å². The van der Waals surface area contributed by atoms with E-state index in [1.807, 2.05) is 14.1 Å². The molecule has 1 heterocycles. The third-order valence-corrected chi connectivity index (χ3v) is 6.56. The summed E-state index contributed by atoms with van der Waals surface area (Å²) < 4.78 is 0. The van der Waals surface area contributed by atoms with Gasteiger partial charge in [0, 0.05) is 27.1 Å². The number of carbonyl (C=O) groups excluding carboxylic acids is 1. The fourth-order valence-electron chi connectivity index (χ4n) is 4.91. The van der Waals surface area contributed by atoms with Crippen LogP contribution in [0.4, 0.5) is 0 Å². The van der Waals surface area contributed by atoms with Gasteiger partial charge in [-0.15, -0.1) is 0 Å². The van der Waals surface area contributed by atoms with Crippen LogP contribution in [-0.2, 0) is 10.2 Å². The Bertz CT molecular complexity index is 612. The van der Waals surface area contributed by atoms with Crippen LogP contribution in [0.5, 0.6) is 0 Å². The SMILES string of the molecule is CN(C)C(=O)C[C@H]1CC2(CCN(CC3CC3)CC2)c2ccccc21. The van der Waals surface area contributed by atoms with Gasteiger partial charge in [-0.2, -0.15) is 0 Å². The smallest absolute Gasteiger partial charge is 0.222 e. The van der Waals surface area contributed by atoms with E-state index >= 15 is 0 Å². The minimum atomic E-state index is 0.262. The molecule has 0 radical (unpaired) electrons. The molecule has 3 heteroatoms. The van der Waals surface area contributed by atoms with Crippen LogP contribution in [-0.4, -0.2) is 49.4 Å². The molecule has 2 fully saturated rings. The second-order valence-electron chi connectivity index (χ2n) is 8.50. The quantitative estimate of drug-likeness (QED) is 0.847. The summed E-state index contributed by atoms with van der Waals surface area (Å²) in [6.45, 7) is 3.79. The topological polar surface area (TPSA) is 23.6 Å². The molecule has 1 aliphatic heterocycles. The molecule has 3 nitrogen and oxygen atoms in total. The van der Waals surface area contributed by atoms with Crippen molar-refractivity contribution in [2.75, 3.05) is 33.7 Å². The van der Waals surface area contributed by atoms with Crippen molar-refractivity contribution in [2.24, 2.45) is 5.92 Å². The normalized spacial score (nSPS) is 25.7. The molecule has 0 unspecified atom stereocenters. The van der Waals surface area contributed by atoms with E-state index in [2.05, 4.69) is 29.2 Å². The van der Waals surface area contributed by atoms with E-state index in [0.29, 0.717) is 17.8 Å². The van der Waals surface area contributed by atoms with Gasteiger partial charge in [0.1, 0.15) is 0 Å². The molecular weight excluding hydrogens is 296 g/mol. The maximum Gasteiger partial charge on any atom is 0.222 e. The summed E-state index contributed by atoms with van der Waals surface area (Å²) in [5.41, 5.74) is 3.32. The molecule has 1 spiro atoms. The predicted octanol–water partition coefficient (Wildman–Crippen LogP) is 3.40. The second-order valence-corrected chi connectivity index (χ2v) is 8.50. The Morgan fingerprint density at radius 2 is 1.92 bits per heavy atom. The first-order chi connectivity index (χ1) is 11.6. The highest BCUT2D eigenvalue weighted by atomic mass is 16.2.